The van der Waals surface area contributed by atoms with Gasteiger partial charge in [0.25, 0.3) is 0 Å². The number of nitrogens with one attached hydrogen (secondary N) is 3. The standard InChI is InChI=1S/C16H21N5O2/c1-11-9-15(21-23-11)18-13-7-8-14(17-10-13)20-16(22)19-12-5-3-2-4-6-12/h7-10,12H,2-6H2,1H3,(H,18,21)(H2,17,19,20,22). The Bertz CT molecular complexity index is 647. The van der Waals surface area contributed by atoms with Crippen molar-refractivity contribution in [2.75, 3.05) is 10.6 Å². The minimum absolute atomic E-state index is 0.197. The number of amides is 2. The van der Waals surface area contributed by atoms with E-state index >= 15 is 0 Å². The highest BCUT2D eigenvalue weighted by molar-refractivity contribution is 5.88. The van der Waals surface area contributed by atoms with E-state index in [1.165, 1.54) is 19.3 Å². The molecule has 0 saturated heterocycles. The lowest BCUT2D eigenvalue weighted by molar-refractivity contribution is 0.244. The number of nitrogens with zero attached hydrogens (tertiary/aromatic N) is 2. The van der Waals surface area contributed by atoms with Crippen LogP contribution in [0.4, 0.5) is 22.1 Å². The van der Waals surface area contributed by atoms with Crippen LogP contribution in [0.2, 0.25) is 0 Å². The first kappa shape index (κ1) is 15.3. The number of carbonyl (C=O) groups excluding carboxylic acids is 1. The predicted octanol–water partition coefficient (Wildman–Crippen LogP) is 3.58. The molecule has 1 aliphatic rings. The van der Waals surface area contributed by atoms with Crippen molar-refractivity contribution in [3.63, 3.8) is 0 Å². The van der Waals surface area contributed by atoms with Gasteiger partial charge in [-0.2, -0.15) is 0 Å². The zero-order valence-electron chi connectivity index (χ0n) is 13.1. The second kappa shape index (κ2) is 7.13. The molecule has 23 heavy (non-hydrogen) atoms. The molecule has 0 bridgehead atoms. The van der Waals surface area contributed by atoms with E-state index in [1.54, 1.807) is 18.3 Å². The molecule has 2 aromatic heterocycles. The molecule has 0 spiro atoms. The zero-order chi connectivity index (χ0) is 16.1. The van der Waals surface area contributed by atoms with E-state index in [-0.39, 0.29) is 12.1 Å². The highest BCUT2D eigenvalue weighted by Gasteiger charge is 2.15. The second-order valence-electron chi connectivity index (χ2n) is 5.81. The van der Waals surface area contributed by atoms with E-state index in [0.29, 0.717) is 11.6 Å². The number of aryl methyl sites for hydroxylation is 1. The van der Waals surface area contributed by atoms with E-state index in [0.717, 1.165) is 24.3 Å². The second-order valence-corrected chi connectivity index (χ2v) is 5.81. The summed E-state index contributed by atoms with van der Waals surface area (Å²) in [6.07, 6.45) is 7.39. The van der Waals surface area contributed by atoms with Crippen LogP contribution in [-0.4, -0.2) is 22.2 Å². The van der Waals surface area contributed by atoms with Crippen molar-refractivity contribution in [2.45, 2.75) is 45.1 Å². The molecule has 3 N–H and O–H groups in total. The number of pyridine rings is 1. The molecule has 0 atom stereocenters. The topological polar surface area (TPSA) is 92.1 Å². The SMILES string of the molecule is Cc1cc(Nc2ccc(NC(=O)NC3CCCCC3)nc2)no1. The summed E-state index contributed by atoms with van der Waals surface area (Å²) >= 11 is 0. The van der Waals surface area contributed by atoms with Gasteiger partial charge in [0.05, 0.1) is 11.9 Å². The van der Waals surface area contributed by atoms with Crippen LogP contribution in [-0.2, 0) is 0 Å². The van der Waals surface area contributed by atoms with Gasteiger partial charge < -0.3 is 15.2 Å². The molecule has 0 aliphatic heterocycles. The fourth-order valence-electron chi connectivity index (χ4n) is 2.70. The Labute approximate surface area is 134 Å². The first-order valence-corrected chi connectivity index (χ1v) is 7.93. The molecule has 2 amide bonds. The molecule has 3 rings (SSSR count). The Hall–Kier alpha value is -2.57. The molecule has 2 aromatic rings. The van der Waals surface area contributed by atoms with E-state index in [9.17, 15) is 4.79 Å². The van der Waals surface area contributed by atoms with Gasteiger partial charge in [-0.25, -0.2) is 9.78 Å². The third kappa shape index (κ3) is 4.45. The van der Waals surface area contributed by atoms with Crippen LogP contribution in [0.5, 0.6) is 0 Å². The van der Waals surface area contributed by atoms with Crippen LogP contribution in [0, 0.1) is 6.92 Å². The number of urea groups is 1. The lowest BCUT2D eigenvalue weighted by Crippen LogP contribution is -2.39. The lowest BCUT2D eigenvalue weighted by atomic mass is 9.96. The Kier molecular flexibility index (Phi) is 4.75. The molecule has 2 heterocycles. The van der Waals surface area contributed by atoms with Gasteiger partial charge in [0.1, 0.15) is 11.6 Å². The maximum atomic E-state index is 12.0. The number of hydrogen-bond donors (Lipinski definition) is 3. The first-order valence-electron chi connectivity index (χ1n) is 7.93. The largest absolute Gasteiger partial charge is 0.360 e. The molecule has 1 aliphatic carbocycles. The Morgan fingerprint density at radius 1 is 1.22 bits per heavy atom. The molecule has 1 fully saturated rings. The fourth-order valence-corrected chi connectivity index (χ4v) is 2.70. The van der Waals surface area contributed by atoms with Gasteiger partial charge in [0, 0.05) is 12.1 Å². The summed E-state index contributed by atoms with van der Waals surface area (Å²) in [6, 6.07) is 5.45. The summed E-state index contributed by atoms with van der Waals surface area (Å²) < 4.78 is 4.99. The van der Waals surface area contributed by atoms with Gasteiger partial charge in [0.2, 0.25) is 0 Å². The van der Waals surface area contributed by atoms with Gasteiger partial charge in [-0.3, -0.25) is 5.32 Å². The lowest BCUT2D eigenvalue weighted by Gasteiger charge is -2.22. The molecular formula is C16H21N5O2. The van der Waals surface area contributed by atoms with Crippen molar-refractivity contribution in [2.24, 2.45) is 0 Å². The summed E-state index contributed by atoms with van der Waals surface area (Å²) in [5.74, 6) is 1.87. The van der Waals surface area contributed by atoms with Crippen molar-refractivity contribution in [3.8, 4) is 0 Å². The van der Waals surface area contributed by atoms with Gasteiger partial charge in [-0.1, -0.05) is 24.4 Å². The monoisotopic (exact) mass is 315 g/mol. The third-order valence-electron chi connectivity index (χ3n) is 3.85. The maximum Gasteiger partial charge on any atom is 0.320 e. The number of rotatable bonds is 4. The maximum absolute atomic E-state index is 12.0. The van der Waals surface area contributed by atoms with Crippen molar-refractivity contribution < 1.29 is 9.32 Å². The summed E-state index contributed by atoms with van der Waals surface area (Å²) in [5.41, 5.74) is 0.775. The molecule has 1 saturated carbocycles. The molecule has 0 unspecified atom stereocenters. The van der Waals surface area contributed by atoms with Crippen molar-refractivity contribution in [1.82, 2.24) is 15.5 Å². The molecule has 0 radical (unpaired) electrons. The Morgan fingerprint density at radius 3 is 2.70 bits per heavy atom. The van der Waals surface area contributed by atoms with E-state index in [4.69, 9.17) is 4.52 Å². The number of anilines is 3. The minimum Gasteiger partial charge on any atom is -0.360 e. The molecule has 7 nitrogen and oxygen atoms in total. The smallest absolute Gasteiger partial charge is 0.320 e. The summed E-state index contributed by atoms with van der Waals surface area (Å²) in [5, 5.41) is 12.7. The first-order chi connectivity index (χ1) is 11.2. The average molecular weight is 315 g/mol. The highest BCUT2D eigenvalue weighted by Crippen LogP contribution is 2.18. The molecular weight excluding hydrogens is 294 g/mol. The highest BCUT2D eigenvalue weighted by atomic mass is 16.5. The molecule has 0 aromatic carbocycles. The quantitative estimate of drug-likeness (QED) is 0.802. The van der Waals surface area contributed by atoms with Gasteiger partial charge in [-0.05, 0) is 31.9 Å². The summed E-state index contributed by atoms with van der Waals surface area (Å²) in [6.45, 7) is 1.83. The van der Waals surface area contributed by atoms with Gasteiger partial charge >= 0.3 is 6.03 Å². The van der Waals surface area contributed by atoms with Crippen LogP contribution in [0.25, 0.3) is 0 Å². The van der Waals surface area contributed by atoms with E-state index in [2.05, 4.69) is 26.1 Å². The minimum atomic E-state index is -0.197. The van der Waals surface area contributed by atoms with Gasteiger partial charge in [0.15, 0.2) is 5.82 Å². The Morgan fingerprint density at radius 2 is 2.04 bits per heavy atom. The zero-order valence-corrected chi connectivity index (χ0v) is 13.1. The number of aromatic nitrogens is 2. The van der Waals surface area contributed by atoms with Crippen LogP contribution < -0.4 is 16.0 Å². The van der Waals surface area contributed by atoms with Crippen molar-refractivity contribution in [3.05, 3.63) is 30.2 Å². The molecule has 7 heteroatoms. The van der Waals surface area contributed by atoms with E-state index in [1.807, 2.05) is 13.0 Å². The number of carbonyl (C=O) groups is 1. The average Bonchev–Trinajstić information content (AvgIpc) is 2.95. The Balaban J connectivity index is 1.51. The summed E-state index contributed by atoms with van der Waals surface area (Å²) in [4.78, 5) is 16.2. The summed E-state index contributed by atoms with van der Waals surface area (Å²) in [7, 11) is 0. The van der Waals surface area contributed by atoms with E-state index < -0.39 is 0 Å². The van der Waals surface area contributed by atoms with Crippen LogP contribution in [0.1, 0.15) is 37.9 Å². The van der Waals surface area contributed by atoms with Crippen LogP contribution in [0.15, 0.2) is 28.9 Å². The van der Waals surface area contributed by atoms with Gasteiger partial charge in [-0.15, -0.1) is 0 Å². The fraction of sp³-hybridized carbons (Fsp3) is 0.438. The van der Waals surface area contributed by atoms with Crippen molar-refractivity contribution >= 4 is 23.4 Å². The predicted molar refractivity (Wildman–Crippen MR) is 87.8 cm³/mol. The molecule has 122 valence electrons. The van der Waals surface area contributed by atoms with Crippen LogP contribution in [0.3, 0.4) is 0 Å². The third-order valence-corrected chi connectivity index (χ3v) is 3.85. The van der Waals surface area contributed by atoms with Crippen molar-refractivity contribution in [1.29, 1.82) is 0 Å². The normalized spacial score (nSPS) is 15.2. The van der Waals surface area contributed by atoms with Crippen LogP contribution >= 0.6 is 0 Å². The number of hydrogen-bond acceptors (Lipinski definition) is 5.